The Hall–Kier alpha value is -4.37. The molecule has 0 aromatic heterocycles. The summed E-state index contributed by atoms with van der Waals surface area (Å²) < 4.78 is 33.1. The summed E-state index contributed by atoms with van der Waals surface area (Å²) in [5, 5.41) is 0. The molecule has 9 nitrogen and oxygen atoms in total. The molecule has 0 rings (SSSR count). The predicted octanol–water partition coefficient (Wildman–Crippen LogP) is 22.4. The Morgan fingerprint density at radius 1 is 0.365 bits per heavy atom. The second-order valence-electron chi connectivity index (χ2n) is 22.0. The van der Waals surface area contributed by atoms with Crippen molar-refractivity contribution >= 4 is 19.8 Å². The molecule has 0 saturated heterocycles. The highest BCUT2D eigenvalue weighted by atomic mass is 31.2. The predicted molar refractivity (Wildman–Crippen MR) is 366 cm³/mol. The van der Waals surface area contributed by atoms with Gasteiger partial charge in [0.2, 0.25) is 0 Å². The fourth-order valence-electron chi connectivity index (χ4n) is 8.91. The summed E-state index contributed by atoms with van der Waals surface area (Å²) in [5.74, 6) is -0.848. The van der Waals surface area contributed by atoms with Gasteiger partial charge in [-0.3, -0.25) is 18.6 Å². The van der Waals surface area contributed by atoms with Gasteiger partial charge in [-0.15, -0.1) is 0 Å². The van der Waals surface area contributed by atoms with E-state index in [4.69, 9.17) is 24.3 Å². The minimum Gasteiger partial charge on any atom is -0.462 e. The summed E-state index contributed by atoms with van der Waals surface area (Å²) in [6.07, 6.45) is 100. The Bertz CT molecular complexity index is 1950. The Kier molecular flexibility index (Phi) is 65.2. The van der Waals surface area contributed by atoms with Crippen LogP contribution in [-0.4, -0.2) is 49.3 Å². The van der Waals surface area contributed by atoms with Gasteiger partial charge in [0.1, 0.15) is 6.61 Å². The van der Waals surface area contributed by atoms with Gasteiger partial charge in [0.15, 0.2) is 6.10 Å². The quantitative estimate of drug-likeness (QED) is 0.0264. The topological polar surface area (TPSA) is 134 Å². The molecule has 0 fully saturated rings. The first-order chi connectivity index (χ1) is 41.8. The highest BCUT2D eigenvalue weighted by Gasteiger charge is 2.26. The van der Waals surface area contributed by atoms with E-state index in [1.807, 2.05) is 0 Å². The SMILES string of the molecule is CC/C=C\C/C=C\C/C=C\C/C=C\C/C=C\C/C=C\C/C=C\C/C=C\C/C=C\C/C=C\CCCCCCCCCCC(=O)OC(COC(=O)CCCCCCCCCCCC/C=C\C/C=C\C/C=C\CCCCCCC)COP(=O)(O)OCCN. The van der Waals surface area contributed by atoms with Crippen molar-refractivity contribution in [2.24, 2.45) is 5.73 Å². The van der Waals surface area contributed by atoms with Crippen LogP contribution in [0.5, 0.6) is 0 Å². The van der Waals surface area contributed by atoms with Crippen LogP contribution in [0.2, 0.25) is 0 Å². The molecule has 2 unspecified atom stereocenters. The van der Waals surface area contributed by atoms with E-state index in [-0.39, 0.29) is 32.6 Å². The third-order valence-electron chi connectivity index (χ3n) is 13.9. The molecule has 10 heteroatoms. The Balaban J connectivity index is 4.00. The Morgan fingerprint density at radius 2 is 0.647 bits per heavy atom. The number of carbonyl (C=O) groups is 2. The van der Waals surface area contributed by atoms with E-state index in [1.54, 1.807) is 0 Å². The zero-order valence-electron chi connectivity index (χ0n) is 54.0. The van der Waals surface area contributed by atoms with Gasteiger partial charge in [-0.25, -0.2) is 4.57 Å². The number of hydrogen-bond donors (Lipinski definition) is 2. The van der Waals surface area contributed by atoms with Crippen LogP contribution >= 0.6 is 7.82 Å². The van der Waals surface area contributed by atoms with Crippen molar-refractivity contribution in [2.45, 2.75) is 277 Å². The zero-order valence-corrected chi connectivity index (χ0v) is 54.9. The molecule has 0 bridgehead atoms. The summed E-state index contributed by atoms with van der Waals surface area (Å²) in [7, 11) is -4.41. The molecule has 0 aromatic rings. The van der Waals surface area contributed by atoms with Crippen LogP contribution in [0, 0.1) is 0 Å². The molecule has 0 aliphatic carbocycles. The minimum absolute atomic E-state index is 0.0438. The van der Waals surface area contributed by atoms with Gasteiger partial charge in [-0.05, 0) is 128 Å². The first kappa shape index (κ1) is 80.6. The lowest BCUT2D eigenvalue weighted by Gasteiger charge is -2.19. The molecule has 0 spiro atoms. The molecule has 0 saturated carbocycles. The second-order valence-corrected chi connectivity index (χ2v) is 23.4. The summed E-state index contributed by atoms with van der Waals surface area (Å²) >= 11 is 0. The van der Waals surface area contributed by atoms with E-state index in [9.17, 15) is 19.0 Å². The van der Waals surface area contributed by atoms with Crippen LogP contribution in [0.25, 0.3) is 0 Å². The number of nitrogens with two attached hydrogens (primary N) is 1. The zero-order chi connectivity index (χ0) is 61.6. The maximum absolute atomic E-state index is 12.8. The molecule has 3 N–H and O–H groups in total. The molecule has 0 amide bonds. The van der Waals surface area contributed by atoms with Crippen LogP contribution < -0.4 is 5.73 Å². The van der Waals surface area contributed by atoms with Gasteiger partial charge in [-0.1, -0.05) is 287 Å². The summed E-state index contributed by atoms with van der Waals surface area (Å²) in [6, 6.07) is 0. The van der Waals surface area contributed by atoms with Gasteiger partial charge in [-0.2, -0.15) is 0 Å². The third-order valence-corrected chi connectivity index (χ3v) is 14.9. The number of allylic oxidation sites excluding steroid dienone is 26. The maximum atomic E-state index is 12.8. The minimum atomic E-state index is -4.41. The average Bonchev–Trinajstić information content (AvgIpc) is 3.53. The summed E-state index contributed by atoms with van der Waals surface area (Å²) in [4.78, 5) is 35.3. The lowest BCUT2D eigenvalue weighted by molar-refractivity contribution is -0.161. The largest absolute Gasteiger partial charge is 0.472 e. The normalized spacial score (nSPS) is 14.0. The van der Waals surface area contributed by atoms with Crippen molar-refractivity contribution in [3.05, 3.63) is 158 Å². The molecular formula is C75H124NO8P. The number of phosphoric acid groups is 1. The smallest absolute Gasteiger partial charge is 0.462 e. The fraction of sp³-hybridized carbons (Fsp3) is 0.627. The third kappa shape index (κ3) is 68.6. The molecular weight excluding hydrogens is 1070 g/mol. The molecule has 85 heavy (non-hydrogen) atoms. The van der Waals surface area contributed by atoms with E-state index in [0.717, 1.165) is 135 Å². The van der Waals surface area contributed by atoms with E-state index in [2.05, 4.69) is 172 Å². The first-order valence-corrected chi connectivity index (χ1v) is 35.5. The van der Waals surface area contributed by atoms with Gasteiger partial charge in [0.05, 0.1) is 13.2 Å². The number of phosphoric ester groups is 1. The van der Waals surface area contributed by atoms with Gasteiger partial charge in [0, 0.05) is 19.4 Å². The van der Waals surface area contributed by atoms with Gasteiger partial charge in [0.25, 0.3) is 0 Å². The Labute approximate surface area is 521 Å². The molecule has 0 aromatic carbocycles. The fourth-order valence-corrected chi connectivity index (χ4v) is 9.67. The molecule has 2 atom stereocenters. The molecule has 0 radical (unpaired) electrons. The van der Waals surface area contributed by atoms with Crippen molar-refractivity contribution in [3.63, 3.8) is 0 Å². The number of unbranched alkanes of at least 4 members (excludes halogenated alkanes) is 23. The van der Waals surface area contributed by atoms with Gasteiger partial charge < -0.3 is 20.1 Å². The number of rotatable bonds is 62. The molecule has 0 aliphatic heterocycles. The van der Waals surface area contributed by atoms with Crippen LogP contribution in [0.1, 0.15) is 271 Å². The molecule has 0 aliphatic rings. The van der Waals surface area contributed by atoms with Crippen molar-refractivity contribution in [2.75, 3.05) is 26.4 Å². The Morgan fingerprint density at radius 3 is 0.965 bits per heavy atom. The summed E-state index contributed by atoms with van der Waals surface area (Å²) in [6.45, 7) is 3.60. The number of esters is 2. The van der Waals surface area contributed by atoms with Gasteiger partial charge >= 0.3 is 19.8 Å². The molecule has 0 heterocycles. The maximum Gasteiger partial charge on any atom is 0.472 e. The van der Waals surface area contributed by atoms with Crippen LogP contribution in [-0.2, 0) is 32.7 Å². The van der Waals surface area contributed by atoms with E-state index in [1.165, 1.54) is 103 Å². The first-order valence-electron chi connectivity index (χ1n) is 34.0. The second kappa shape index (κ2) is 68.7. The monoisotopic (exact) mass is 1200 g/mol. The van der Waals surface area contributed by atoms with Crippen molar-refractivity contribution < 1.29 is 37.6 Å². The lowest BCUT2D eigenvalue weighted by Crippen LogP contribution is -2.29. The highest BCUT2D eigenvalue weighted by Crippen LogP contribution is 2.43. The molecule has 482 valence electrons. The number of ether oxygens (including phenoxy) is 2. The summed E-state index contributed by atoms with van der Waals surface area (Å²) in [5.41, 5.74) is 5.40. The number of carbonyl (C=O) groups excluding carboxylic acids is 2. The number of hydrogen-bond acceptors (Lipinski definition) is 8. The lowest BCUT2D eigenvalue weighted by atomic mass is 10.1. The van der Waals surface area contributed by atoms with E-state index in [0.29, 0.717) is 6.42 Å². The van der Waals surface area contributed by atoms with Crippen LogP contribution in [0.15, 0.2) is 158 Å². The van der Waals surface area contributed by atoms with Crippen molar-refractivity contribution in [1.29, 1.82) is 0 Å². The van der Waals surface area contributed by atoms with Crippen molar-refractivity contribution in [3.8, 4) is 0 Å². The average molecular weight is 1200 g/mol. The van der Waals surface area contributed by atoms with Crippen LogP contribution in [0.4, 0.5) is 0 Å². The van der Waals surface area contributed by atoms with Crippen LogP contribution in [0.3, 0.4) is 0 Å². The van der Waals surface area contributed by atoms with E-state index < -0.39 is 32.5 Å². The van der Waals surface area contributed by atoms with E-state index >= 15 is 0 Å². The highest BCUT2D eigenvalue weighted by molar-refractivity contribution is 7.47. The standard InChI is InChI=1S/C75H124NO8P/c1-3-5-7-9-11-13-15-17-19-21-23-25-27-29-30-31-32-33-34-35-36-37-38-39-40-41-42-44-46-48-50-52-54-56-58-60-62-64-66-68-75(78)84-73(72-83-85(79,80)82-70-69-76)71-81-74(77)67-65-63-61-59-57-55-53-51-49-47-45-43-28-26-24-22-20-18-16-14-12-10-8-6-4-2/h5,7,11,13,16-19,22-25,28-30,32-33,35-36,38-39,41-43,46,48,73H,3-4,6,8-10,12,14-15,20-21,26-27,31,34,37,40,44-45,47,49-72,76H2,1-2H3,(H,79,80)/b7-5-,13-11-,18-16-,19-17-,24-22-,25-23-,30-29-,33-32-,36-35-,39-38-,42-41-,43-28-,48-46-. The van der Waals surface area contributed by atoms with Crippen molar-refractivity contribution in [1.82, 2.24) is 0 Å².